The van der Waals surface area contributed by atoms with Gasteiger partial charge in [0.1, 0.15) is 0 Å². The van der Waals surface area contributed by atoms with E-state index >= 15 is 0 Å². The maximum absolute atomic E-state index is 11.4. The molecule has 0 unspecified atom stereocenters. The van der Waals surface area contributed by atoms with Crippen LogP contribution in [0.3, 0.4) is 0 Å². The van der Waals surface area contributed by atoms with E-state index in [1.807, 2.05) is 0 Å². The number of hydrogen-bond donors (Lipinski definition) is 0. The van der Waals surface area contributed by atoms with Crippen LogP contribution in [0.25, 0.3) is 0 Å². The summed E-state index contributed by atoms with van der Waals surface area (Å²) >= 11 is 0.590. The summed E-state index contributed by atoms with van der Waals surface area (Å²) in [5, 5.41) is 0. The predicted molar refractivity (Wildman–Crippen MR) is 34.2 cm³/mol. The molecule has 0 fully saturated rings. The number of rotatable bonds is 0. The van der Waals surface area contributed by atoms with Crippen LogP contribution in [0.15, 0.2) is 9.66 Å². The summed E-state index contributed by atoms with van der Waals surface area (Å²) in [7, 11) is 0. The first-order valence-corrected chi connectivity index (χ1v) is 3.23. The molecule has 0 aromatic rings. The number of halogens is 7. The molecule has 0 N–H and O–H groups in total. The highest BCUT2D eigenvalue weighted by molar-refractivity contribution is 14.1. The minimum Gasteiger partial charge on any atom is -0.167 e. The van der Waals surface area contributed by atoms with E-state index < -0.39 is 22.0 Å². The zero-order valence-corrected chi connectivity index (χ0v) is 6.88. The van der Waals surface area contributed by atoms with Gasteiger partial charge in [0.05, 0.1) is 3.58 Å². The van der Waals surface area contributed by atoms with Crippen LogP contribution in [0.1, 0.15) is 0 Å². The first kappa shape index (κ1) is 11.1. The molecule has 0 aliphatic rings. The Balaban J connectivity index is 4.49. The molecule has 0 atom stereocenters. The van der Waals surface area contributed by atoms with Crippen LogP contribution in [0.5, 0.6) is 0 Å². The molecule has 7 heteroatoms. The van der Waals surface area contributed by atoms with Crippen molar-refractivity contribution in [3.05, 3.63) is 9.66 Å². The summed E-state index contributed by atoms with van der Waals surface area (Å²) in [5.74, 6) is 0. The van der Waals surface area contributed by atoms with Crippen molar-refractivity contribution in [1.82, 2.24) is 0 Å². The molecule has 0 aromatic heterocycles. The Morgan fingerprint density at radius 3 is 1.45 bits per heavy atom. The van der Waals surface area contributed by atoms with Crippen molar-refractivity contribution in [3.8, 4) is 0 Å². The van der Waals surface area contributed by atoms with Crippen molar-refractivity contribution in [2.75, 3.05) is 0 Å². The van der Waals surface area contributed by atoms with Gasteiger partial charge in [-0.1, -0.05) is 0 Å². The molecule has 11 heavy (non-hydrogen) atoms. The number of allylic oxidation sites excluding steroid dienone is 2. The zero-order valence-electron chi connectivity index (χ0n) is 4.72. The second-order valence-electron chi connectivity index (χ2n) is 1.53. The maximum Gasteiger partial charge on any atom is 0.422 e. The smallest absolute Gasteiger partial charge is 0.167 e. The lowest BCUT2D eigenvalue weighted by Gasteiger charge is -2.05. The van der Waals surface area contributed by atoms with E-state index in [0.29, 0.717) is 22.6 Å². The summed E-state index contributed by atoms with van der Waals surface area (Å²) in [5.41, 5.74) is 0. The van der Waals surface area contributed by atoms with Gasteiger partial charge in [-0.3, -0.25) is 0 Å². The maximum atomic E-state index is 11.4. The third-order valence-electron chi connectivity index (χ3n) is 0.561. The second-order valence-corrected chi connectivity index (χ2v) is 2.69. The zero-order chi connectivity index (χ0) is 9.28. The van der Waals surface area contributed by atoms with Gasteiger partial charge in [0.2, 0.25) is 0 Å². The molecule has 0 saturated carbocycles. The third-order valence-corrected chi connectivity index (χ3v) is 1.48. The Bertz CT molecular complexity index is 162. The topological polar surface area (TPSA) is 0 Å². The SMILES string of the molecule is FC(F)(F)/C=C(\I)C(F)(F)F. The lowest BCUT2D eigenvalue weighted by Crippen LogP contribution is -2.11. The monoisotopic (exact) mass is 290 g/mol. The molecule has 0 bridgehead atoms. The fraction of sp³-hybridized carbons (Fsp3) is 0.500. The van der Waals surface area contributed by atoms with E-state index in [1.54, 1.807) is 0 Å². The molecule has 0 amide bonds. The van der Waals surface area contributed by atoms with E-state index in [-0.39, 0.29) is 0 Å². The lowest BCUT2D eigenvalue weighted by molar-refractivity contribution is -0.0995. The van der Waals surface area contributed by atoms with E-state index in [0.717, 1.165) is 0 Å². The Hall–Kier alpha value is 0.0500. The lowest BCUT2D eigenvalue weighted by atomic mass is 10.5. The third kappa shape index (κ3) is 5.33. The summed E-state index contributed by atoms with van der Waals surface area (Å²) in [6, 6.07) is 0. The molecule has 0 spiro atoms. The first-order valence-electron chi connectivity index (χ1n) is 2.15. The Kier molecular flexibility index (Phi) is 3.21. The van der Waals surface area contributed by atoms with E-state index in [9.17, 15) is 26.3 Å². The van der Waals surface area contributed by atoms with Crippen LogP contribution in [0.4, 0.5) is 26.3 Å². The van der Waals surface area contributed by atoms with Crippen LogP contribution in [0.2, 0.25) is 0 Å². The van der Waals surface area contributed by atoms with Gasteiger partial charge in [0, 0.05) is 6.08 Å². The minimum absolute atomic E-state index is 0.590. The predicted octanol–water partition coefficient (Wildman–Crippen LogP) is 3.43. The van der Waals surface area contributed by atoms with Crippen LogP contribution in [-0.4, -0.2) is 12.4 Å². The largest absolute Gasteiger partial charge is 0.422 e. The highest BCUT2D eigenvalue weighted by Crippen LogP contribution is 2.34. The van der Waals surface area contributed by atoms with Crippen molar-refractivity contribution in [1.29, 1.82) is 0 Å². The molecule has 0 saturated heterocycles. The van der Waals surface area contributed by atoms with Crippen molar-refractivity contribution in [2.24, 2.45) is 0 Å². The molecule has 66 valence electrons. The van der Waals surface area contributed by atoms with Gasteiger partial charge in [0.15, 0.2) is 0 Å². The average Bonchev–Trinajstić information content (AvgIpc) is 1.56. The van der Waals surface area contributed by atoms with Gasteiger partial charge in [-0.15, -0.1) is 0 Å². The fourth-order valence-corrected chi connectivity index (χ4v) is 0.579. The van der Waals surface area contributed by atoms with Crippen molar-refractivity contribution in [2.45, 2.75) is 12.4 Å². The molecule has 0 aliphatic heterocycles. The Morgan fingerprint density at radius 1 is 1.00 bits per heavy atom. The minimum atomic E-state index is -4.91. The second kappa shape index (κ2) is 3.20. The highest BCUT2D eigenvalue weighted by atomic mass is 127. The molecular formula is C4HF6I. The van der Waals surface area contributed by atoms with E-state index in [4.69, 9.17) is 0 Å². The van der Waals surface area contributed by atoms with Crippen molar-refractivity contribution >= 4 is 22.6 Å². The Labute approximate surface area is 71.4 Å². The molecule has 0 heterocycles. The number of alkyl halides is 6. The fourth-order valence-electron chi connectivity index (χ4n) is 0.226. The van der Waals surface area contributed by atoms with Crippen molar-refractivity contribution < 1.29 is 26.3 Å². The molecule has 0 radical (unpaired) electrons. The van der Waals surface area contributed by atoms with E-state index in [1.165, 1.54) is 0 Å². The highest BCUT2D eigenvalue weighted by Gasteiger charge is 2.36. The Morgan fingerprint density at radius 2 is 1.36 bits per heavy atom. The summed E-state index contributed by atoms with van der Waals surface area (Å²) in [4.78, 5) is 0. The van der Waals surface area contributed by atoms with Gasteiger partial charge in [-0.05, 0) is 22.6 Å². The normalized spacial score (nSPS) is 15.4. The van der Waals surface area contributed by atoms with Gasteiger partial charge in [0.25, 0.3) is 0 Å². The molecule has 0 aliphatic carbocycles. The van der Waals surface area contributed by atoms with Crippen molar-refractivity contribution in [3.63, 3.8) is 0 Å². The van der Waals surface area contributed by atoms with Gasteiger partial charge < -0.3 is 0 Å². The van der Waals surface area contributed by atoms with Gasteiger partial charge in [-0.25, -0.2) is 0 Å². The number of hydrogen-bond acceptors (Lipinski definition) is 0. The molecule has 0 aromatic carbocycles. The van der Waals surface area contributed by atoms with E-state index in [2.05, 4.69) is 0 Å². The molecular weight excluding hydrogens is 289 g/mol. The van der Waals surface area contributed by atoms with Crippen LogP contribution in [-0.2, 0) is 0 Å². The summed E-state index contributed by atoms with van der Waals surface area (Å²) < 4.78 is 66.3. The quantitative estimate of drug-likeness (QED) is 0.473. The summed E-state index contributed by atoms with van der Waals surface area (Å²) in [6.07, 6.45) is -10.6. The standard InChI is InChI=1S/C4HF6I/c5-3(6,7)1-2(11)4(8,9)10/h1H/b2-1-. The molecule has 0 nitrogen and oxygen atoms in total. The first-order chi connectivity index (χ1) is 4.63. The van der Waals surface area contributed by atoms with Gasteiger partial charge >= 0.3 is 12.4 Å². The average molecular weight is 290 g/mol. The van der Waals surface area contributed by atoms with Crippen LogP contribution in [0, 0.1) is 0 Å². The molecule has 0 rings (SSSR count). The van der Waals surface area contributed by atoms with Gasteiger partial charge in [-0.2, -0.15) is 26.3 Å². The van der Waals surface area contributed by atoms with Crippen LogP contribution >= 0.6 is 22.6 Å². The van der Waals surface area contributed by atoms with Crippen LogP contribution < -0.4 is 0 Å². The summed E-state index contributed by atoms with van der Waals surface area (Å²) in [6.45, 7) is 0.